The van der Waals surface area contributed by atoms with E-state index in [-0.39, 0.29) is 29.7 Å². The number of nitrogens with one attached hydrogen (secondary N) is 2. The van der Waals surface area contributed by atoms with Crippen LogP contribution in [-0.4, -0.2) is 92.4 Å². The van der Waals surface area contributed by atoms with Crippen molar-refractivity contribution in [3.8, 4) is 0 Å². The number of aromatic nitrogens is 1. The smallest absolute Gasteiger partial charge is 0.223 e. The fraction of sp³-hybridized carbons (Fsp3) is 0.727. The Hall–Kier alpha value is -2.69. The Balaban J connectivity index is 0.000000346. The van der Waals surface area contributed by atoms with E-state index >= 15 is 0 Å². The summed E-state index contributed by atoms with van der Waals surface area (Å²) in [7, 11) is 3.65. The topological polar surface area (TPSA) is 127 Å². The van der Waals surface area contributed by atoms with Crippen LogP contribution in [0.1, 0.15) is 84.0 Å². The zero-order valence-electron chi connectivity index (χ0n) is 26.5. The highest BCUT2D eigenvalue weighted by molar-refractivity contribution is 5.82. The largest absolute Gasteiger partial charge is 0.378 e. The molecular weight excluding hydrogens is 548 g/mol. The van der Waals surface area contributed by atoms with Crippen molar-refractivity contribution in [1.82, 2.24) is 20.5 Å². The number of hydrogen-bond acceptors (Lipinski definition) is 8. The molecule has 1 aromatic heterocycles. The number of rotatable bonds is 13. The van der Waals surface area contributed by atoms with Gasteiger partial charge in [0.2, 0.25) is 11.8 Å². The number of ether oxygens (including phenoxy) is 2. The van der Waals surface area contributed by atoms with Gasteiger partial charge < -0.3 is 29.8 Å². The molecule has 1 atom stereocenters. The maximum atomic E-state index is 12.1. The van der Waals surface area contributed by atoms with Crippen molar-refractivity contribution in [2.24, 2.45) is 11.8 Å². The predicted molar refractivity (Wildman–Crippen MR) is 166 cm³/mol. The van der Waals surface area contributed by atoms with E-state index in [1.54, 1.807) is 24.3 Å². The lowest BCUT2D eigenvalue weighted by atomic mass is 9.83. The highest BCUT2D eigenvalue weighted by Gasteiger charge is 2.27. The summed E-state index contributed by atoms with van der Waals surface area (Å²) in [5, 5.41) is 6.24. The molecule has 1 unspecified atom stereocenters. The van der Waals surface area contributed by atoms with Crippen LogP contribution in [0.5, 0.6) is 0 Å². The van der Waals surface area contributed by atoms with Gasteiger partial charge in [0.05, 0.1) is 18.8 Å². The molecular formula is C33H54N4O6. The molecule has 2 aliphatic carbocycles. The van der Waals surface area contributed by atoms with E-state index in [0.717, 1.165) is 77.2 Å². The van der Waals surface area contributed by atoms with Crippen LogP contribution in [0.4, 0.5) is 0 Å². The molecule has 242 valence electrons. The van der Waals surface area contributed by atoms with E-state index in [0.29, 0.717) is 50.4 Å². The average Bonchev–Trinajstić information content (AvgIpc) is 3.38. The molecule has 1 saturated heterocycles. The van der Waals surface area contributed by atoms with Crippen LogP contribution in [0.25, 0.3) is 0 Å². The van der Waals surface area contributed by atoms with Gasteiger partial charge in [-0.2, -0.15) is 0 Å². The number of nitrogens with zero attached hydrogens (tertiary/aromatic N) is 2. The number of aldehydes is 1. The van der Waals surface area contributed by atoms with Crippen molar-refractivity contribution in [1.29, 1.82) is 0 Å². The molecule has 10 nitrogen and oxygen atoms in total. The monoisotopic (exact) mass is 602 g/mol. The summed E-state index contributed by atoms with van der Waals surface area (Å²) in [6.45, 7) is 4.86. The van der Waals surface area contributed by atoms with Crippen molar-refractivity contribution in [2.45, 2.75) is 102 Å². The standard InChI is InChI=1S/C22H40N2O4.C6H9NO2.C5H5N/c1-3-21(25)17-6-8-18(9-7-17)24-22(26)5-4-15-27-19-10-12-20(13-11-19)28-16-14-23-2;1-7-3-5(4-8)2-6(7)9;1-2-4-6-5-3-1/h17-20,23H,3-16H2,1-2H3,(H,24,26);4-5H,2-3H2,1H3;1-5H. The predicted octanol–water partition coefficient (Wildman–Crippen LogP) is 3.73. The molecule has 4 rings (SSSR count). The molecule has 2 amide bonds. The number of likely N-dealkylation sites (N-methyl/N-ethyl adjacent to an activating group) is 1. The minimum atomic E-state index is -0.0532. The second-order valence-electron chi connectivity index (χ2n) is 11.7. The minimum absolute atomic E-state index is 0.0532. The van der Waals surface area contributed by atoms with Crippen molar-refractivity contribution < 1.29 is 28.7 Å². The Labute approximate surface area is 258 Å². The first-order valence-corrected chi connectivity index (χ1v) is 16.1. The minimum Gasteiger partial charge on any atom is -0.378 e. The van der Waals surface area contributed by atoms with E-state index < -0.39 is 0 Å². The van der Waals surface area contributed by atoms with Gasteiger partial charge in [0, 0.05) is 76.3 Å². The number of Topliss-reactive ketones (excluding diaryl/α,β-unsaturated/α-hetero) is 1. The third-order valence-corrected chi connectivity index (χ3v) is 8.25. The number of ketones is 1. The van der Waals surface area contributed by atoms with E-state index in [9.17, 15) is 19.2 Å². The zero-order valence-corrected chi connectivity index (χ0v) is 26.5. The normalized spacial score (nSPS) is 25.0. The lowest BCUT2D eigenvalue weighted by molar-refractivity contribution is -0.127. The third-order valence-electron chi connectivity index (χ3n) is 8.25. The van der Waals surface area contributed by atoms with Gasteiger partial charge in [0.25, 0.3) is 0 Å². The number of likely N-dealkylation sites (tertiary alicyclic amines) is 1. The van der Waals surface area contributed by atoms with Crippen molar-refractivity contribution in [3.05, 3.63) is 30.6 Å². The molecule has 0 spiro atoms. The molecule has 43 heavy (non-hydrogen) atoms. The maximum Gasteiger partial charge on any atom is 0.223 e. The van der Waals surface area contributed by atoms with Gasteiger partial charge in [-0.3, -0.25) is 19.4 Å². The van der Waals surface area contributed by atoms with Crippen LogP contribution in [0.3, 0.4) is 0 Å². The first kappa shape index (κ1) is 36.5. The van der Waals surface area contributed by atoms with Crippen LogP contribution < -0.4 is 10.6 Å². The lowest BCUT2D eigenvalue weighted by Gasteiger charge is -2.29. The molecule has 3 fully saturated rings. The fourth-order valence-corrected chi connectivity index (χ4v) is 5.63. The van der Waals surface area contributed by atoms with Crippen LogP contribution in [0.2, 0.25) is 0 Å². The Morgan fingerprint density at radius 3 is 2.05 bits per heavy atom. The van der Waals surface area contributed by atoms with E-state index in [2.05, 4.69) is 15.6 Å². The summed E-state index contributed by atoms with van der Waals surface area (Å²) in [5.74, 6) is 0.737. The van der Waals surface area contributed by atoms with Crippen LogP contribution in [0, 0.1) is 11.8 Å². The second kappa shape index (κ2) is 21.9. The average molecular weight is 603 g/mol. The first-order chi connectivity index (χ1) is 20.9. The molecule has 1 aromatic rings. The zero-order chi connectivity index (χ0) is 31.3. The van der Waals surface area contributed by atoms with Crippen molar-refractivity contribution in [2.75, 3.05) is 40.4 Å². The lowest BCUT2D eigenvalue weighted by Crippen LogP contribution is -2.38. The number of carbonyl (C=O) groups excluding carboxylic acids is 4. The summed E-state index contributed by atoms with van der Waals surface area (Å²) >= 11 is 0. The van der Waals surface area contributed by atoms with E-state index in [4.69, 9.17) is 9.47 Å². The number of amides is 2. The molecule has 2 heterocycles. The number of carbonyl (C=O) groups is 4. The summed E-state index contributed by atoms with van der Waals surface area (Å²) in [5.41, 5.74) is 0. The Morgan fingerprint density at radius 1 is 0.977 bits per heavy atom. The van der Waals surface area contributed by atoms with Gasteiger partial charge in [0.15, 0.2) is 0 Å². The Morgan fingerprint density at radius 2 is 1.60 bits per heavy atom. The molecule has 3 aliphatic rings. The first-order valence-electron chi connectivity index (χ1n) is 16.1. The summed E-state index contributed by atoms with van der Waals surface area (Å²) in [6, 6.07) is 5.96. The maximum absolute atomic E-state index is 12.1. The van der Waals surface area contributed by atoms with Crippen molar-refractivity contribution >= 4 is 23.9 Å². The molecule has 2 saturated carbocycles. The molecule has 10 heteroatoms. The Kier molecular flexibility index (Phi) is 18.6. The molecule has 0 aromatic carbocycles. The van der Waals surface area contributed by atoms with Gasteiger partial charge in [-0.1, -0.05) is 13.0 Å². The summed E-state index contributed by atoms with van der Waals surface area (Å²) in [6.07, 6.45) is 15.3. The van der Waals surface area contributed by atoms with Gasteiger partial charge >= 0.3 is 0 Å². The summed E-state index contributed by atoms with van der Waals surface area (Å²) < 4.78 is 11.8. The van der Waals surface area contributed by atoms with Gasteiger partial charge in [-0.15, -0.1) is 0 Å². The fourth-order valence-electron chi connectivity index (χ4n) is 5.63. The van der Waals surface area contributed by atoms with Crippen LogP contribution in [-0.2, 0) is 28.7 Å². The molecule has 2 N–H and O–H groups in total. The summed E-state index contributed by atoms with van der Waals surface area (Å²) in [4.78, 5) is 50.1. The van der Waals surface area contributed by atoms with E-state index in [1.807, 2.05) is 32.2 Å². The molecule has 0 bridgehead atoms. The highest BCUT2D eigenvalue weighted by Crippen LogP contribution is 2.26. The molecule has 1 aliphatic heterocycles. The molecule has 0 radical (unpaired) electrons. The van der Waals surface area contributed by atoms with Gasteiger partial charge in [-0.25, -0.2) is 0 Å². The third kappa shape index (κ3) is 15.6. The highest BCUT2D eigenvalue weighted by atomic mass is 16.5. The van der Waals surface area contributed by atoms with Gasteiger partial charge in [-0.05, 0) is 77.0 Å². The van der Waals surface area contributed by atoms with Gasteiger partial charge in [0.1, 0.15) is 12.1 Å². The number of hydrogen-bond donors (Lipinski definition) is 2. The Bertz CT molecular complexity index is 891. The SMILES string of the molecule is CCC(=O)C1CCC(NC(=O)CCCOC2CCC(OCCNC)CC2)CC1.CN1CC(C=O)CC1=O.c1ccncc1. The second-order valence-corrected chi connectivity index (χ2v) is 11.7. The quantitative estimate of drug-likeness (QED) is 0.258. The van der Waals surface area contributed by atoms with Crippen LogP contribution >= 0.6 is 0 Å². The van der Waals surface area contributed by atoms with Crippen LogP contribution in [0.15, 0.2) is 30.6 Å². The van der Waals surface area contributed by atoms with Crippen molar-refractivity contribution in [3.63, 3.8) is 0 Å². The number of pyridine rings is 1. The van der Waals surface area contributed by atoms with E-state index in [1.165, 1.54) is 0 Å².